The summed E-state index contributed by atoms with van der Waals surface area (Å²) >= 11 is 3.35. The third kappa shape index (κ3) is 3.37. The molecular weight excluding hydrogens is 320 g/mol. The number of ether oxygens (including phenoxy) is 1. The van der Waals surface area contributed by atoms with E-state index in [2.05, 4.69) is 15.9 Å². The molecule has 20 heavy (non-hydrogen) atoms. The summed E-state index contributed by atoms with van der Waals surface area (Å²) < 4.78 is 6.69. The van der Waals surface area contributed by atoms with E-state index in [0.717, 1.165) is 10.0 Å². The molecule has 0 fully saturated rings. The van der Waals surface area contributed by atoms with Crippen LogP contribution < -0.4 is 10.5 Å². The predicted octanol–water partition coefficient (Wildman–Crippen LogP) is 3.06. The number of nitrogens with two attached hydrogens (primary N) is 1. The molecule has 4 nitrogen and oxygen atoms in total. The van der Waals surface area contributed by atoms with Crippen LogP contribution in [0, 0.1) is 5.41 Å². The molecule has 0 aliphatic heterocycles. The minimum absolute atomic E-state index is 0.0547. The van der Waals surface area contributed by atoms with Crippen molar-refractivity contribution in [2.45, 2.75) is 6.42 Å². The van der Waals surface area contributed by atoms with E-state index in [-0.39, 0.29) is 12.4 Å². The lowest BCUT2D eigenvalue weighted by Crippen LogP contribution is -2.12. The summed E-state index contributed by atoms with van der Waals surface area (Å²) in [5.74, 6) is 1.12. The van der Waals surface area contributed by atoms with Gasteiger partial charge in [-0.25, -0.2) is 0 Å². The van der Waals surface area contributed by atoms with Crippen LogP contribution in [0.3, 0.4) is 0 Å². The van der Waals surface area contributed by atoms with Crippen molar-refractivity contribution in [1.82, 2.24) is 0 Å². The quantitative estimate of drug-likeness (QED) is 0.580. The minimum atomic E-state index is -0.0547. The van der Waals surface area contributed by atoms with Gasteiger partial charge in [-0.3, -0.25) is 5.41 Å². The Kier molecular flexibility index (Phi) is 4.76. The number of hydrogen-bond donors (Lipinski definition) is 3. The van der Waals surface area contributed by atoms with Gasteiger partial charge in [-0.15, -0.1) is 0 Å². The fourth-order valence-corrected chi connectivity index (χ4v) is 2.21. The Labute approximate surface area is 125 Å². The predicted molar refractivity (Wildman–Crippen MR) is 82.5 cm³/mol. The van der Waals surface area contributed by atoms with E-state index < -0.39 is 0 Å². The van der Waals surface area contributed by atoms with Crippen LogP contribution in [0.15, 0.2) is 46.9 Å². The molecule has 4 N–H and O–H groups in total. The minimum Gasteiger partial charge on any atom is -0.456 e. The van der Waals surface area contributed by atoms with Crippen LogP contribution in [0.5, 0.6) is 11.5 Å². The second kappa shape index (κ2) is 6.54. The van der Waals surface area contributed by atoms with E-state index in [1.165, 1.54) is 0 Å². The summed E-state index contributed by atoms with van der Waals surface area (Å²) in [7, 11) is 0. The van der Waals surface area contributed by atoms with Gasteiger partial charge in [0, 0.05) is 11.1 Å². The zero-order valence-electron chi connectivity index (χ0n) is 10.8. The standard InChI is InChI=1S/C15H15BrN2O2/c16-11-5-6-14(12(9-11)15(17)18)20-13-4-2-1-3-10(13)7-8-19/h1-6,9,19H,7-8H2,(H3,17,18). The summed E-state index contributed by atoms with van der Waals surface area (Å²) in [5.41, 5.74) is 7.01. The maximum Gasteiger partial charge on any atom is 0.138 e. The zero-order valence-corrected chi connectivity index (χ0v) is 12.4. The molecule has 0 aliphatic rings. The molecule has 0 spiro atoms. The highest BCUT2D eigenvalue weighted by molar-refractivity contribution is 9.10. The van der Waals surface area contributed by atoms with Crippen molar-refractivity contribution in [3.63, 3.8) is 0 Å². The van der Waals surface area contributed by atoms with E-state index in [1.54, 1.807) is 12.1 Å². The SMILES string of the molecule is N=C(N)c1cc(Br)ccc1Oc1ccccc1CCO. The maximum absolute atomic E-state index is 9.07. The van der Waals surface area contributed by atoms with Gasteiger partial charge in [-0.05, 0) is 36.2 Å². The van der Waals surface area contributed by atoms with Crippen LogP contribution in [-0.2, 0) is 6.42 Å². The van der Waals surface area contributed by atoms with Crippen LogP contribution in [0.2, 0.25) is 0 Å². The number of amidine groups is 1. The molecule has 0 heterocycles. The van der Waals surface area contributed by atoms with Crippen molar-refractivity contribution in [3.05, 3.63) is 58.1 Å². The van der Waals surface area contributed by atoms with Gasteiger partial charge in [0.2, 0.25) is 0 Å². The summed E-state index contributed by atoms with van der Waals surface area (Å²) in [5, 5.41) is 16.7. The second-order valence-corrected chi connectivity index (χ2v) is 5.15. The Hall–Kier alpha value is -1.85. The van der Waals surface area contributed by atoms with Crippen molar-refractivity contribution in [2.75, 3.05) is 6.61 Å². The average Bonchev–Trinajstić information content (AvgIpc) is 2.43. The third-order valence-electron chi connectivity index (χ3n) is 2.81. The number of hydrogen-bond acceptors (Lipinski definition) is 3. The summed E-state index contributed by atoms with van der Waals surface area (Å²) in [6.45, 7) is 0.0558. The molecule has 5 heteroatoms. The van der Waals surface area contributed by atoms with Crippen molar-refractivity contribution >= 4 is 21.8 Å². The van der Waals surface area contributed by atoms with Gasteiger partial charge in [0.25, 0.3) is 0 Å². The first kappa shape index (κ1) is 14.6. The average molecular weight is 335 g/mol. The van der Waals surface area contributed by atoms with Crippen LogP contribution in [-0.4, -0.2) is 17.5 Å². The molecule has 0 radical (unpaired) electrons. The van der Waals surface area contributed by atoms with Crippen LogP contribution >= 0.6 is 15.9 Å². The Morgan fingerprint density at radius 1 is 1.20 bits per heavy atom. The Balaban J connectivity index is 2.37. The highest BCUT2D eigenvalue weighted by atomic mass is 79.9. The van der Waals surface area contributed by atoms with Gasteiger partial charge in [-0.1, -0.05) is 34.1 Å². The van der Waals surface area contributed by atoms with E-state index in [1.807, 2.05) is 30.3 Å². The summed E-state index contributed by atoms with van der Waals surface area (Å²) in [6.07, 6.45) is 0.516. The fraction of sp³-hybridized carbons (Fsp3) is 0.133. The molecule has 0 atom stereocenters. The van der Waals surface area contributed by atoms with Crippen LogP contribution in [0.1, 0.15) is 11.1 Å². The van der Waals surface area contributed by atoms with E-state index in [9.17, 15) is 0 Å². The summed E-state index contributed by atoms with van der Waals surface area (Å²) in [6, 6.07) is 12.8. The lowest BCUT2D eigenvalue weighted by atomic mass is 10.1. The smallest absolute Gasteiger partial charge is 0.138 e. The first-order chi connectivity index (χ1) is 9.61. The largest absolute Gasteiger partial charge is 0.456 e. The molecule has 2 aromatic rings. The molecule has 104 valence electrons. The molecule has 2 aromatic carbocycles. The Morgan fingerprint density at radius 3 is 2.65 bits per heavy atom. The molecule has 0 unspecified atom stereocenters. The van der Waals surface area contributed by atoms with E-state index in [4.69, 9.17) is 21.0 Å². The Bertz CT molecular complexity index is 629. The zero-order chi connectivity index (χ0) is 14.5. The highest BCUT2D eigenvalue weighted by Crippen LogP contribution is 2.30. The van der Waals surface area contributed by atoms with E-state index in [0.29, 0.717) is 23.5 Å². The summed E-state index contributed by atoms with van der Waals surface area (Å²) in [4.78, 5) is 0. The molecule has 0 saturated carbocycles. The van der Waals surface area contributed by atoms with Crippen molar-refractivity contribution < 1.29 is 9.84 Å². The fourth-order valence-electron chi connectivity index (χ4n) is 1.85. The maximum atomic E-state index is 9.07. The molecule has 0 amide bonds. The van der Waals surface area contributed by atoms with Crippen LogP contribution in [0.25, 0.3) is 0 Å². The Morgan fingerprint density at radius 2 is 1.95 bits per heavy atom. The molecular formula is C15H15BrN2O2. The normalized spacial score (nSPS) is 10.3. The topological polar surface area (TPSA) is 79.3 Å². The van der Waals surface area contributed by atoms with Crippen molar-refractivity contribution in [2.24, 2.45) is 5.73 Å². The van der Waals surface area contributed by atoms with Gasteiger partial charge in [0.05, 0.1) is 5.56 Å². The van der Waals surface area contributed by atoms with Crippen molar-refractivity contribution in [1.29, 1.82) is 5.41 Å². The first-order valence-electron chi connectivity index (χ1n) is 6.12. The first-order valence-corrected chi connectivity index (χ1v) is 6.91. The van der Waals surface area contributed by atoms with Gasteiger partial charge in [0.1, 0.15) is 17.3 Å². The molecule has 0 aromatic heterocycles. The second-order valence-electron chi connectivity index (χ2n) is 4.24. The van der Waals surface area contributed by atoms with E-state index >= 15 is 0 Å². The lowest BCUT2D eigenvalue weighted by molar-refractivity contribution is 0.298. The lowest BCUT2D eigenvalue weighted by Gasteiger charge is -2.13. The molecule has 0 saturated heterocycles. The number of nitrogen functional groups attached to an aromatic ring is 1. The third-order valence-corrected chi connectivity index (χ3v) is 3.30. The molecule has 2 rings (SSSR count). The number of benzene rings is 2. The molecule has 0 aliphatic carbocycles. The number of rotatable bonds is 5. The monoisotopic (exact) mass is 334 g/mol. The number of aliphatic hydroxyl groups excluding tert-OH is 1. The number of halogens is 1. The number of nitrogens with one attached hydrogen (secondary N) is 1. The van der Waals surface area contributed by atoms with Gasteiger partial charge in [-0.2, -0.15) is 0 Å². The highest BCUT2D eigenvalue weighted by Gasteiger charge is 2.10. The van der Waals surface area contributed by atoms with Gasteiger partial charge in [0.15, 0.2) is 0 Å². The van der Waals surface area contributed by atoms with Crippen molar-refractivity contribution in [3.8, 4) is 11.5 Å². The number of para-hydroxylation sites is 1. The number of aliphatic hydroxyl groups is 1. The van der Waals surface area contributed by atoms with Gasteiger partial charge < -0.3 is 15.6 Å². The van der Waals surface area contributed by atoms with Crippen LogP contribution in [0.4, 0.5) is 0 Å². The molecule has 0 bridgehead atoms. The van der Waals surface area contributed by atoms with Gasteiger partial charge >= 0.3 is 0 Å².